The summed E-state index contributed by atoms with van der Waals surface area (Å²) in [6.07, 6.45) is 0. The molecule has 5 rings (SSSR count). The van der Waals surface area contributed by atoms with Gasteiger partial charge in [0.25, 0.3) is 11.7 Å². The molecule has 0 bridgehead atoms. The van der Waals surface area contributed by atoms with Crippen LogP contribution in [0.4, 0.5) is 10.1 Å². The fourth-order valence-electron chi connectivity index (χ4n) is 4.59. The van der Waals surface area contributed by atoms with Crippen LogP contribution in [0.15, 0.2) is 103 Å². The molecule has 7 heteroatoms. The fourth-order valence-corrected chi connectivity index (χ4v) is 4.59. The predicted octanol–water partition coefficient (Wildman–Crippen LogP) is 6.56. The van der Waals surface area contributed by atoms with Crippen LogP contribution in [-0.4, -0.2) is 23.9 Å². The summed E-state index contributed by atoms with van der Waals surface area (Å²) in [5.41, 5.74) is 1.62. The van der Waals surface area contributed by atoms with E-state index in [1.165, 1.54) is 30.2 Å². The molecule has 190 valence electrons. The van der Waals surface area contributed by atoms with Gasteiger partial charge < -0.3 is 14.6 Å². The van der Waals surface area contributed by atoms with Crippen LogP contribution in [0, 0.1) is 12.7 Å². The summed E-state index contributed by atoms with van der Waals surface area (Å²) < 4.78 is 25.4. The third kappa shape index (κ3) is 4.62. The number of nitrogens with zero attached hydrogens (tertiary/aromatic N) is 1. The zero-order valence-electron chi connectivity index (χ0n) is 20.7. The molecule has 1 unspecified atom stereocenters. The van der Waals surface area contributed by atoms with Crippen molar-refractivity contribution in [1.82, 2.24) is 0 Å². The molecule has 0 aliphatic carbocycles. The average molecular weight is 510 g/mol. The van der Waals surface area contributed by atoms with E-state index in [0.717, 1.165) is 0 Å². The lowest BCUT2D eigenvalue weighted by Crippen LogP contribution is -2.29. The Balaban J connectivity index is 1.68. The summed E-state index contributed by atoms with van der Waals surface area (Å²) in [5.74, 6) is -0.973. The SMILES string of the molecule is COc1ccc(/C(O)=C2\C(=O)C(=O)N(c3cccc(F)c3)C2c2cccc(Oc3ccccc3)c2)c(C)c1. The molecule has 1 N–H and O–H groups in total. The van der Waals surface area contributed by atoms with Gasteiger partial charge >= 0.3 is 0 Å². The van der Waals surface area contributed by atoms with Crippen molar-refractivity contribution in [1.29, 1.82) is 0 Å². The molecule has 1 amide bonds. The van der Waals surface area contributed by atoms with Crippen molar-refractivity contribution in [2.45, 2.75) is 13.0 Å². The lowest BCUT2D eigenvalue weighted by atomic mass is 9.93. The topological polar surface area (TPSA) is 76.1 Å². The highest BCUT2D eigenvalue weighted by Gasteiger charge is 2.47. The highest BCUT2D eigenvalue weighted by molar-refractivity contribution is 6.51. The van der Waals surface area contributed by atoms with E-state index >= 15 is 0 Å². The number of halogens is 1. The van der Waals surface area contributed by atoms with Crippen LogP contribution in [0.1, 0.15) is 22.7 Å². The first-order valence-electron chi connectivity index (χ1n) is 11.9. The first-order valence-corrected chi connectivity index (χ1v) is 11.9. The minimum absolute atomic E-state index is 0.107. The van der Waals surface area contributed by atoms with E-state index in [1.807, 2.05) is 18.2 Å². The number of methoxy groups -OCH3 is 1. The summed E-state index contributed by atoms with van der Waals surface area (Å²) >= 11 is 0. The second kappa shape index (κ2) is 10.2. The van der Waals surface area contributed by atoms with Gasteiger partial charge in [-0.3, -0.25) is 14.5 Å². The Morgan fingerprint density at radius 1 is 0.842 bits per heavy atom. The van der Waals surface area contributed by atoms with Crippen LogP contribution in [0.25, 0.3) is 5.76 Å². The number of para-hydroxylation sites is 1. The number of hydrogen-bond donors (Lipinski definition) is 1. The molecular weight excluding hydrogens is 485 g/mol. The van der Waals surface area contributed by atoms with Gasteiger partial charge in [0, 0.05) is 11.3 Å². The number of carbonyl (C=O) groups excluding carboxylic acids is 2. The van der Waals surface area contributed by atoms with Crippen molar-refractivity contribution in [2.75, 3.05) is 12.0 Å². The summed E-state index contributed by atoms with van der Waals surface area (Å²) in [6.45, 7) is 1.77. The molecule has 0 aromatic heterocycles. The zero-order valence-corrected chi connectivity index (χ0v) is 20.7. The molecule has 1 heterocycles. The van der Waals surface area contributed by atoms with Gasteiger partial charge in [0.05, 0.1) is 18.7 Å². The van der Waals surface area contributed by atoms with E-state index in [4.69, 9.17) is 9.47 Å². The van der Waals surface area contributed by atoms with Crippen molar-refractivity contribution in [3.05, 3.63) is 125 Å². The van der Waals surface area contributed by atoms with Gasteiger partial charge in [0.2, 0.25) is 0 Å². The molecule has 4 aromatic carbocycles. The number of benzene rings is 4. The van der Waals surface area contributed by atoms with Crippen LogP contribution in [0.2, 0.25) is 0 Å². The van der Waals surface area contributed by atoms with Gasteiger partial charge in [0.1, 0.15) is 28.8 Å². The first kappa shape index (κ1) is 24.8. The maximum atomic E-state index is 14.2. The van der Waals surface area contributed by atoms with Crippen molar-refractivity contribution < 1.29 is 28.6 Å². The Labute approximate surface area is 219 Å². The van der Waals surface area contributed by atoms with Crippen LogP contribution >= 0.6 is 0 Å². The quantitative estimate of drug-likeness (QED) is 0.181. The number of aliphatic hydroxyl groups excluding tert-OH is 1. The van der Waals surface area contributed by atoms with Crippen molar-refractivity contribution in [2.24, 2.45) is 0 Å². The first-order chi connectivity index (χ1) is 18.4. The number of ether oxygens (including phenoxy) is 2. The zero-order chi connectivity index (χ0) is 26.8. The second-order valence-electron chi connectivity index (χ2n) is 8.82. The van der Waals surface area contributed by atoms with Gasteiger partial charge in [0.15, 0.2) is 0 Å². The number of aliphatic hydroxyl groups is 1. The minimum atomic E-state index is -1.03. The molecule has 1 atom stereocenters. The fraction of sp³-hybridized carbons (Fsp3) is 0.0968. The predicted molar refractivity (Wildman–Crippen MR) is 142 cm³/mol. The number of amides is 1. The Morgan fingerprint density at radius 2 is 1.58 bits per heavy atom. The molecular formula is C31H24FNO5. The van der Waals surface area contributed by atoms with E-state index in [9.17, 15) is 19.1 Å². The largest absolute Gasteiger partial charge is 0.507 e. The van der Waals surface area contributed by atoms with E-state index in [1.54, 1.807) is 67.6 Å². The summed E-state index contributed by atoms with van der Waals surface area (Å²) in [4.78, 5) is 28.0. The van der Waals surface area contributed by atoms with Crippen molar-refractivity contribution in [3.8, 4) is 17.2 Å². The van der Waals surface area contributed by atoms with Gasteiger partial charge in [-0.05, 0) is 78.7 Å². The molecule has 1 saturated heterocycles. The standard InChI is InChI=1S/C31H24FNO5/c1-19-16-24(37-2)14-15-26(19)29(34)27-28(33(31(36)30(27)35)22-10-7-9-21(32)18-22)20-8-6-13-25(17-20)38-23-11-4-3-5-12-23/h3-18,28,34H,1-2H3/b29-27+. The number of Topliss-reactive ketones (excluding diaryl/α,β-unsaturated/α-hetero) is 1. The van der Waals surface area contributed by atoms with Crippen LogP contribution < -0.4 is 14.4 Å². The molecule has 6 nitrogen and oxygen atoms in total. The Morgan fingerprint density at radius 3 is 2.29 bits per heavy atom. The average Bonchev–Trinajstić information content (AvgIpc) is 3.19. The van der Waals surface area contributed by atoms with E-state index in [2.05, 4.69) is 0 Å². The van der Waals surface area contributed by atoms with Crippen LogP contribution in [0.5, 0.6) is 17.2 Å². The number of anilines is 1. The highest BCUT2D eigenvalue weighted by atomic mass is 19.1. The highest BCUT2D eigenvalue weighted by Crippen LogP contribution is 2.43. The third-order valence-electron chi connectivity index (χ3n) is 6.37. The molecule has 38 heavy (non-hydrogen) atoms. The molecule has 0 spiro atoms. The van der Waals surface area contributed by atoms with E-state index in [0.29, 0.717) is 33.9 Å². The summed E-state index contributed by atoms with van der Waals surface area (Å²) in [6, 6.07) is 25.5. The normalized spacial score (nSPS) is 16.5. The number of hydrogen-bond acceptors (Lipinski definition) is 5. The molecule has 4 aromatic rings. The van der Waals surface area contributed by atoms with Crippen LogP contribution in [-0.2, 0) is 9.59 Å². The monoisotopic (exact) mass is 509 g/mol. The molecule has 0 radical (unpaired) electrons. The molecule has 0 saturated carbocycles. The maximum absolute atomic E-state index is 14.2. The number of carbonyl (C=O) groups is 2. The smallest absolute Gasteiger partial charge is 0.300 e. The number of ketones is 1. The Bertz CT molecular complexity index is 1560. The van der Waals surface area contributed by atoms with Gasteiger partial charge in [-0.1, -0.05) is 36.4 Å². The molecule has 1 fully saturated rings. The number of rotatable bonds is 6. The number of aryl methyl sites for hydroxylation is 1. The minimum Gasteiger partial charge on any atom is -0.507 e. The van der Waals surface area contributed by atoms with Crippen molar-refractivity contribution >= 4 is 23.1 Å². The maximum Gasteiger partial charge on any atom is 0.300 e. The van der Waals surface area contributed by atoms with Gasteiger partial charge in [-0.15, -0.1) is 0 Å². The summed E-state index contributed by atoms with van der Waals surface area (Å²) in [5, 5.41) is 11.4. The van der Waals surface area contributed by atoms with Crippen molar-refractivity contribution in [3.63, 3.8) is 0 Å². The van der Waals surface area contributed by atoms with Gasteiger partial charge in [-0.25, -0.2) is 4.39 Å². The van der Waals surface area contributed by atoms with Crippen LogP contribution in [0.3, 0.4) is 0 Å². The lowest BCUT2D eigenvalue weighted by molar-refractivity contribution is -0.132. The summed E-state index contributed by atoms with van der Waals surface area (Å²) in [7, 11) is 1.53. The molecule has 1 aliphatic heterocycles. The van der Waals surface area contributed by atoms with E-state index in [-0.39, 0.29) is 17.0 Å². The van der Waals surface area contributed by atoms with Gasteiger partial charge in [-0.2, -0.15) is 0 Å². The Hall–Kier alpha value is -4.91. The third-order valence-corrected chi connectivity index (χ3v) is 6.37. The Kier molecular flexibility index (Phi) is 6.66. The lowest BCUT2D eigenvalue weighted by Gasteiger charge is -2.26. The second-order valence-corrected chi connectivity index (χ2v) is 8.82. The van der Waals surface area contributed by atoms with E-state index < -0.39 is 23.5 Å². The molecule has 1 aliphatic rings.